The number of carboxylic acids is 1. The predicted octanol–water partition coefficient (Wildman–Crippen LogP) is 1.79. The molecule has 2 aliphatic carbocycles. The maximum atomic E-state index is 12.0. The fourth-order valence-electron chi connectivity index (χ4n) is 2.85. The number of hydrogen-bond acceptors (Lipinski definition) is 2. The lowest BCUT2D eigenvalue weighted by molar-refractivity contribution is -0.138. The lowest BCUT2D eigenvalue weighted by Crippen LogP contribution is -2.46. The van der Waals surface area contributed by atoms with Gasteiger partial charge in [-0.25, -0.2) is 0 Å². The highest BCUT2D eigenvalue weighted by atomic mass is 16.4. The van der Waals surface area contributed by atoms with Crippen molar-refractivity contribution in [2.45, 2.75) is 51.5 Å². The first kappa shape index (κ1) is 12.4. The molecule has 0 aromatic carbocycles. The van der Waals surface area contributed by atoms with E-state index in [9.17, 15) is 9.59 Å². The van der Waals surface area contributed by atoms with Gasteiger partial charge in [-0.1, -0.05) is 0 Å². The second-order valence-electron chi connectivity index (χ2n) is 6.19. The summed E-state index contributed by atoms with van der Waals surface area (Å²) in [5.41, 5.74) is -0.414. The van der Waals surface area contributed by atoms with Crippen molar-refractivity contribution in [2.75, 3.05) is 0 Å². The lowest BCUT2D eigenvalue weighted by atomic mass is 9.95. The standard InChI is InChI=1S/C13H21NO3/c1-13(2,4-3-11(15)16)14-12(17)10-6-8-5-9(8)7-10/h8-10H,3-7H2,1-2H3,(H,14,17)(H,15,16). The van der Waals surface area contributed by atoms with Crippen LogP contribution in [0.15, 0.2) is 0 Å². The largest absolute Gasteiger partial charge is 0.481 e. The molecule has 17 heavy (non-hydrogen) atoms. The number of carbonyl (C=O) groups is 2. The summed E-state index contributed by atoms with van der Waals surface area (Å²) in [5.74, 6) is 1.07. The third-order valence-electron chi connectivity index (χ3n) is 4.04. The molecule has 2 N–H and O–H groups in total. The van der Waals surface area contributed by atoms with Crippen LogP contribution in [0.1, 0.15) is 46.0 Å². The molecular formula is C13H21NO3. The minimum atomic E-state index is -0.811. The molecule has 2 fully saturated rings. The third-order valence-corrected chi connectivity index (χ3v) is 4.04. The number of hydrogen-bond donors (Lipinski definition) is 2. The highest BCUT2D eigenvalue weighted by Crippen LogP contribution is 2.54. The zero-order chi connectivity index (χ0) is 12.6. The molecule has 0 aliphatic heterocycles. The second kappa shape index (κ2) is 4.31. The number of rotatable bonds is 5. The molecule has 2 unspecified atom stereocenters. The topological polar surface area (TPSA) is 66.4 Å². The average Bonchev–Trinajstić information content (AvgIpc) is 2.82. The molecule has 1 amide bonds. The Morgan fingerprint density at radius 1 is 1.24 bits per heavy atom. The smallest absolute Gasteiger partial charge is 0.303 e. The summed E-state index contributed by atoms with van der Waals surface area (Å²) in [7, 11) is 0. The van der Waals surface area contributed by atoms with Gasteiger partial charge in [0.25, 0.3) is 0 Å². The number of carbonyl (C=O) groups excluding carboxylic acids is 1. The average molecular weight is 239 g/mol. The highest BCUT2D eigenvalue weighted by Gasteiger charge is 2.48. The number of nitrogens with one attached hydrogen (secondary N) is 1. The van der Waals surface area contributed by atoms with Gasteiger partial charge in [-0.2, -0.15) is 0 Å². The quantitative estimate of drug-likeness (QED) is 0.768. The van der Waals surface area contributed by atoms with Gasteiger partial charge in [0.2, 0.25) is 5.91 Å². The highest BCUT2D eigenvalue weighted by molar-refractivity contribution is 5.80. The summed E-state index contributed by atoms with van der Waals surface area (Å²) < 4.78 is 0. The van der Waals surface area contributed by atoms with E-state index in [-0.39, 0.29) is 18.2 Å². The zero-order valence-electron chi connectivity index (χ0n) is 10.5. The van der Waals surface area contributed by atoms with Crippen molar-refractivity contribution in [3.05, 3.63) is 0 Å². The van der Waals surface area contributed by atoms with E-state index in [1.807, 2.05) is 13.8 Å². The molecule has 0 aromatic rings. The van der Waals surface area contributed by atoms with Crippen LogP contribution in [0.25, 0.3) is 0 Å². The molecule has 4 nitrogen and oxygen atoms in total. The molecule has 2 rings (SSSR count). The van der Waals surface area contributed by atoms with Crippen LogP contribution in [0.3, 0.4) is 0 Å². The van der Waals surface area contributed by atoms with Crippen LogP contribution in [0.5, 0.6) is 0 Å². The van der Waals surface area contributed by atoms with Gasteiger partial charge in [-0.05, 0) is 51.4 Å². The van der Waals surface area contributed by atoms with Gasteiger partial charge in [-0.3, -0.25) is 9.59 Å². The summed E-state index contributed by atoms with van der Waals surface area (Å²) in [6.07, 6.45) is 3.96. The van der Waals surface area contributed by atoms with Crippen LogP contribution in [0.4, 0.5) is 0 Å². The fourth-order valence-corrected chi connectivity index (χ4v) is 2.85. The van der Waals surface area contributed by atoms with Crippen molar-refractivity contribution >= 4 is 11.9 Å². The lowest BCUT2D eigenvalue weighted by Gasteiger charge is -2.27. The number of fused-ring (bicyclic) bond motifs is 1. The molecule has 0 aromatic heterocycles. The predicted molar refractivity (Wildman–Crippen MR) is 63.4 cm³/mol. The monoisotopic (exact) mass is 239 g/mol. The van der Waals surface area contributed by atoms with E-state index in [4.69, 9.17) is 5.11 Å². The molecule has 4 heteroatoms. The van der Waals surface area contributed by atoms with Crippen LogP contribution in [0.2, 0.25) is 0 Å². The van der Waals surface area contributed by atoms with Gasteiger partial charge in [-0.15, -0.1) is 0 Å². The Morgan fingerprint density at radius 2 is 1.82 bits per heavy atom. The SMILES string of the molecule is CC(C)(CCC(=O)O)NC(=O)C1CC2CC2C1. The Hall–Kier alpha value is -1.06. The minimum absolute atomic E-state index is 0.100. The molecule has 0 bridgehead atoms. The first-order valence-electron chi connectivity index (χ1n) is 6.41. The molecule has 2 aliphatic rings. The Morgan fingerprint density at radius 3 is 2.35 bits per heavy atom. The number of carboxylic acid groups (broad SMARTS) is 1. The first-order valence-corrected chi connectivity index (χ1v) is 6.41. The number of amides is 1. The van der Waals surface area contributed by atoms with E-state index in [2.05, 4.69) is 5.32 Å². The Labute approximate surface area is 102 Å². The Bertz CT molecular complexity index is 328. The fraction of sp³-hybridized carbons (Fsp3) is 0.846. The maximum absolute atomic E-state index is 12.0. The van der Waals surface area contributed by atoms with Crippen molar-refractivity contribution in [3.63, 3.8) is 0 Å². The van der Waals surface area contributed by atoms with Gasteiger partial charge in [0, 0.05) is 17.9 Å². The normalized spacial score (nSPS) is 30.8. The summed E-state index contributed by atoms with van der Waals surface area (Å²) >= 11 is 0. The summed E-state index contributed by atoms with van der Waals surface area (Å²) in [4.78, 5) is 22.5. The molecule has 96 valence electrons. The molecule has 0 spiro atoms. The van der Waals surface area contributed by atoms with E-state index in [1.165, 1.54) is 6.42 Å². The van der Waals surface area contributed by atoms with Crippen LogP contribution < -0.4 is 5.32 Å². The minimum Gasteiger partial charge on any atom is -0.481 e. The van der Waals surface area contributed by atoms with E-state index >= 15 is 0 Å². The van der Waals surface area contributed by atoms with Gasteiger partial charge in [0.15, 0.2) is 0 Å². The van der Waals surface area contributed by atoms with Crippen molar-refractivity contribution < 1.29 is 14.7 Å². The van der Waals surface area contributed by atoms with Crippen LogP contribution in [-0.4, -0.2) is 22.5 Å². The second-order valence-corrected chi connectivity index (χ2v) is 6.19. The van der Waals surface area contributed by atoms with Gasteiger partial charge in [0.05, 0.1) is 0 Å². The Kier molecular flexibility index (Phi) is 3.15. The molecule has 2 atom stereocenters. The molecule has 0 heterocycles. The summed E-state index contributed by atoms with van der Waals surface area (Å²) in [6, 6.07) is 0. The summed E-state index contributed by atoms with van der Waals surface area (Å²) in [6.45, 7) is 3.78. The molecular weight excluding hydrogens is 218 g/mol. The Balaban J connectivity index is 1.78. The summed E-state index contributed by atoms with van der Waals surface area (Å²) in [5, 5.41) is 11.6. The zero-order valence-corrected chi connectivity index (χ0v) is 10.5. The first-order chi connectivity index (χ1) is 7.87. The molecule has 0 radical (unpaired) electrons. The van der Waals surface area contributed by atoms with Crippen LogP contribution >= 0.6 is 0 Å². The van der Waals surface area contributed by atoms with E-state index in [1.54, 1.807) is 0 Å². The van der Waals surface area contributed by atoms with E-state index in [0.29, 0.717) is 6.42 Å². The van der Waals surface area contributed by atoms with Crippen LogP contribution in [0, 0.1) is 17.8 Å². The van der Waals surface area contributed by atoms with Crippen LogP contribution in [-0.2, 0) is 9.59 Å². The van der Waals surface area contributed by atoms with Crippen molar-refractivity contribution in [1.29, 1.82) is 0 Å². The van der Waals surface area contributed by atoms with Crippen molar-refractivity contribution in [3.8, 4) is 0 Å². The van der Waals surface area contributed by atoms with Gasteiger partial charge < -0.3 is 10.4 Å². The maximum Gasteiger partial charge on any atom is 0.303 e. The van der Waals surface area contributed by atoms with E-state index in [0.717, 1.165) is 24.7 Å². The van der Waals surface area contributed by atoms with Gasteiger partial charge >= 0.3 is 5.97 Å². The number of aliphatic carboxylic acids is 1. The third kappa shape index (κ3) is 3.20. The van der Waals surface area contributed by atoms with Gasteiger partial charge in [0.1, 0.15) is 0 Å². The molecule has 2 saturated carbocycles. The van der Waals surface area contributed by atoms with E-state index < -0.39 is 11.5 Å². The van der Waals surface area contributed by atoms with Crippen molar-refractivity contribution in [2.24, 2.45) is 17.8 Å². The van der Waals surface area contributed by atoms with Crippen molar-refractivity contribution in [1.82, 2.24) is 5.32 Å². The molecule has 0 saturated heterocycles.